The quantitative estimate of drug-likeness (QED) is 0.821. The molecule has 2 rings (SSSR count). The van der Waals surface area contributed by atoms with Crippen molar-refractivity contribution in [2.45, 2.75) is 33.2 Å². The summed E-state index contributed by atoms with van der Waals surface area (Å²) in [4.78, 5) is 20.3. The monoisotopic (exact) mass is 298 g/mol. The molecule has 0 fully saturated rings. The second-order valence-electron chi connectivity index (χ2n) is 5.14. The average Bonchev–Trinajstić information content (AvgIpc) is 2.56. The minimum atomic E-state index is 0.0370. The first-order chi connectivity index (χ1) is 10.7. The smallest absolute Gasteiger partial charge is 0.228 e. The first-order valence-corrected chi connectivity index (χ1v) is 7.62. The van der Waals surface area contributed by atoms with Crippen LogP contribution in [0.1, 0.15) is 32.3 Å². The summed E-state index contributed by atoms with van der Waals surface area (Å²) < 4.78 is 0. The number of nitrogens with one attached hydrogen (secondary N) is 2. The number of rotatable bonds is 7. The molecule has 0 atom stereocenters. The third-order valence-corrected chi connectivity index (χ3v) is 3.62. The summed E-state index contributed by atoms with van der Waals surface area (Å²) >= 11 is 0. The van der Waals surface area contributed by atoms with Crippen molar-refractivity contribution in [1.82, 2.24) is 9.97 Å². The van der Waals surface area contributed by atoms with Crippen molar-refractivity contribution in [1.29, 1.82) is 0 Å². The van der Waals surface area contributed by atoms with E-state index < -0.39 is 0 Å². The van der Waals surface area contributed by atoms with E-state index in [2.05, 4.69) is 20.6 Å². The van der Waals surface area contributed by atoms with E-state index in [1.54, 1.807) is 18.6 Å². The number of pyridine rings is 2. The topological polar surface area (TPSA) is 66.9 Å². The van der Waals surface area contributed by atoms with Crippen LogP contribution in [0.5, 0.6) is 0 Å². The summed E-state index contributed by atoms with van der Waals surface area (Å²) in [6.07, 6.45) is 6.95. The summed E-state index contributed by atoms with van der Waals surface area (Å²) in [5.74, 6) is 0.674. The molecule has 0 aliphatic heterocycles. The van der Waals surface area contributed by atoms with Crippen molar-refractivity contribution in [3.05, 3.63) is 48.4 Å². The highest BCUT2D eigenvalue weighted by Gasteiger charge is 2.14. The van der Waals surface area contributed by atoms with E-state index in [1.165, 1.54) is 0 Å². The predicted molar refractivity (Wildman–Crippen MR) is 88.5 cm³/mol. The summed E-state index contributed by atoms with van der Waals surface area (Å²) in [6, 6.07) is 7.65. The van der Waals surface area contributed by atoms with Crippen molar-refractivity contribution in [3.63, 3.8) is 0 Å². The molecule has 116 valence electrons. The Morgan fingerprint density at radius 1 is 1.14 bits per heavy atom. The first-order valence-electron chi connectivity index (χ1n) is 7.62. The zero-order valence-electron chi connectivity index (χ0n) is 13.0. The number of hydrogen-bond donors (Lipinski definition) is 2. The molecule has 0 saturated carbocycles. The molecule has 0 aromatic carbocycles. The summed E-state index contributed by atoms with van der Waals surface area (Å²) in [5.41, 5.74) is 2.07. The number of aromatic nitrogens is 2. The highest BCUT2D eigenvalue weighted by Crippen LogP contribution is 2.14. The van der Waals surface area contributed by atoms with E-state index in [0.717, 1.165) is 24.1 Å². The lowest BCUT2D eigenvalue weighted by Crippen LogP contribution is -2.22. The first kappa shape index (κ1) is 15.9. The molecule has 0 aliphatic carbocycles. The lowest BCUT2D eigenvalue weighted by molar-refractivity contribution is -0.120. The highest BCUT2D eigenvalue weighted by molar-refractivity contribution is 5.91. The molecule has 2 aromatic heterocycles. The Labute approximate surface area is 131 Å². The second kappa shape index (κ2) is 8.12. The van der Waals surface area contributed by atoms with Gasteiger partial charge >= 0.3 is 0 Å². The molecule has 0 aliphatic rings. The van der Waals surface area contributed by atoms with Crippen molar-refractivity contribution in [2.24, 2.45) is 5.92 Å². The molecular weight excluding hydrogens is 276 g/mol. The van der Waals surface area contributed by atoms with Gasteiger partial charge in [0.05, 0.1) is 11.9 Å². The third kappa shape index (κ3) is 4.55. The van der Waals surface area contributed by atoms with Crippen LogP contribution < -0.4 is 10.6 Å². The van der Waals surface area contributed by atoms with Crippen LogP contribution in [0.4, 0.5) is 11.5 Å². The maximum atomic E-state index is 12.0. The normalized spacial score (nSPS) is 10.5. The standard InChI is InChI=1S/C17H22N4O/c1-3-14(4-2)17(22)21-16-6-5-15(12-20-16)19-11-13-7-9-18-10-8-13/h5-10,12,14,19H,3-4,11H2,1-2H3,(H,20,21,22). The molecule has 2 N–H and O–H groups in total. The third-order valence-electron chi connectivity index (χ3n) is 3.62. The number of carbonyl (C=O) groups is 1. The molecule has 22 heavy (non-hydrogen) atoms. The lowest BCUT2D eigenvalue weighted by Gasteiger charge is -2.12. The van der Waals surface area contributed by atoms with Gasteiger partial charge in [-0.3, -0.25) is 9.78 Å². The van der Waals surface area contributed by atoms with Crippen molar-refractivity contribution >= 4 is 17.4 Å². The van der Waals surface area contributed by atoms with Gasteiger partial charge in [-0.15, -0.1) is 0 Å². The zero-order chi connectivity index (χ0) is 15.8. The van der Waals surface area contributed by atoms with Crippen LogP contribution in [-0.2, 0) is 11.3 Å². The maximum Gasteiger partial charge on any atom is 0.228 e. The Balaban J connectivity index is 1.89. The molecule has 0 bridgehead atoms. The number of hydrogen-bond acceptors (Lipinski definition) is 4. The van der Waals surface area contributed by atoms with E-state index in [1.807, 2.05) is 38.1 Å². The van der Waals surface area contributed by atoms with Crippen molar-refractivity contribution in [2.75, 3.05) is 10.6 Å². The van der Waals surface area contributed by atoms with Gasteiger partial charge < -0.3 is 10.6 Å². The molecule has 2 heterocycles. The molecule has 0 saturated heterocycles. The molecule has 2 aromatic rings. The summed E-state index contributed by atoms with van der Waals surface area (Å²) in [5, 5.41) is 6.14. The minimum absolute atomic E-state index is 0.0370. The van der Waals surface area contributed by atoms with Crippen LogP contribution in [0.2, 0.25) is 0 Å². The second-order valence-corrected chi connectivity index (χ2v) is 5.14. The zero-order valence-corrected chi connectivity index (χ0v) is 13.0. The summed E-state index contributed by atoms with van der Waals surface area (Å²) in [6.45, 7) is 4.75. The van der Waals surface area contributed by atoms with Gasteiger partial charge in [0, 0.05) is 24.9 Å². The predicted octanol–water partition coefficient (Wildman–Crippen LogP) is 3.46. The van der Waals surface area contributed by atoms with Crippen molar-refractivity contribution < 1.29 is 4.79 Å². The molecule has 5 heteroatoms. The number of nitrogens with zero attached hydrogens (tertiary/aromatic N) is 2. The Bertz CT molecular complexity index is 579. The van der Waals surface area contributed by atoms with Gasteiger partial charge in [-0.25, -0.2) is 4.98 Å². The Kier molecular flexibility index (Phi) is 5.89. The van der Waals surface area contributed by atoms with Crippen LogP contribution in [-0.4, -0.2) is 15.9 Å². The van der Waals surface area contributed by atoms with Crippen molar-refractivity contribution in [3.8, 4) is 0 Å². The largest absolute Gasteiger partial charge is 0.380 e. The lowest BCUT2D eigenvalue weighted by atomic mass is 10.0. The van der Waals surface area contributed by atoms with Gasteiger partial charge in [-0.05, 0) is 42.7 Å². The van der Waals surface area contributed by atoms with Gasteiger partial charge in [-0.2, -0.15) is 0 Å². The Morgan fingerprint density at radius 2 is 1.86 bits per heavy atom. The Hall–Kier alpha value is -2.43. The van der Waals surface area contributed by atoms with Crippen LogP contribution in [0.3, 0.4) is 0 Å². The Morgan fingerprint density at radius 3 is 2.45 bits per heavy atom. The van der Waals surface area contributed by atoms with Gasteiger partial charge in [-0.1, -0.05) is 13.8 Å². The van der Waals surface area contributed by atoms with E-state index >= 15 is 0 Å². The van der Waals surface area contributed by atoms with Crippen LogP contribution in [0.25, 0.3) is 0 Å². The van der Waals surface area contributed by atoms with Gasteiger partial charge in [0.1, 0.15) is 5.82 Å². The molecule has 1 amide bonds. The van der Waals surface area contributed by atoms with E-state index in [4.69, 9.17) is 0 Å². The highest BCUT2D eigenvalue weighted by atomic mass is 16.1. The van der Waals surface area contributed by atoms with Gasteiger partial charge in [0.25, 0.3) is 0 Å². The molecular formula is C17H22N4O. The van der Waals surface area contributed by atoms with E-state index in [-0.39, 0.29) is 11.8 Å². The van der Waals surface area contributed by atoms with Crippen LogP contribution in [0.15, 0.2) is 42.9 Å². The molecule has 0 unspecified atom stereocenters. The molecule has 0 spiro atoms. The fourth-order valence-electron chi connectivity index (χ4n) is 2.16. The average molecular weight is 298 g/mol. The van der Waals surface area contributed by atoms with Crippen LogP contribution >= 0.6 is 0 Å². The fourth-order valence-corrected chi connectivity index (χ4v) is 2.16. The number of amides is 1. The molecule has 5 nitrogen and oxygen atoms in total. The van der Waals surface area contributed by atoms with Gasteiger partial charge in [0.15, 0.2) is 0 Å². The maximum absolute atomic E-state index is 12.0. The number of carbonyl (C=O) groups excluding carboxylic acids is 1. The SMILES string of the molecule is CCC(CC)C(=O)Nc1ccc(NCc2ccncc2)cn1. The van der Waals surface area contributed by atoms with E-state index in [9.17, 15) is 4.79 Å². The fraction of sp³-hybridized carbons (Fsp3) is 0.353. The summed E-state index contributed by atoms with van der Waals surface area (Å²) in [7, 11) is 0. The van der Waals surface area contributed by atoms with Crippen LogP contribution in [0, 0.1) is 5.92 Å². The number of anilines is 2. The van der Waals surface area contributed by atoms with E-state index in [0.29, 0.717) is 12.4 Å². The van der Waals surface area contributed by atoms with Gasteiger partial charge in [0.2, 0.25) is 5.91 Å². The molecule has 0 radical (unpaired) electrons. The minimum Gasteiger partial charge on any atom is -0.380 e.